The van der Waals surface area contributed by atoms with Crippen molar-refractivity contribution in [2.75, 3.05) is 13.2 Å². The number of halogens is 1. The van der Waals surface area contributed by atoms with Crippen molar-refractivity contribution >= 4 is 25.5 Å². The lowest BCUT2D eigenvalue weighted by molar-refractivity contribution is -0.152. The minimum Gasteiger partial charge on any atom is -0.463 e. The molecular formula is C19H27FNO9P. The van der Waals surface area contributed by atoms with Gasteiger partial charge in [-0.15, -0.1) is 0 Å². The molecule has 3 heterocycles. The number of phosphoric ester groups is 1. The van der Waals surface area contributed by atoms with Crippen LogP contribution in [0.3, 0.4) is 0 Å². The highest BCUT2D eigenvalue weighted by atomic mass is 31.2. The molecule has 6 atom stereocenters. The molecule has 31 heavy (non-hydrogen) atoms. The van der Waals surface area contributed by atoms with Crippen LogP contribution in [0.2, 0.25) is 0 Å². The lowest BCUT2D eigenvalue weighted by Crippen LogP contribution is -2.52. The fourth-order valence-electron chi connectivity index (χ4n) is 3.47. The third-order valence-electron chi connectivity index (χ3n) is 5.16. The molecule has 0 N–H and O–H groups in total. The Kier molecular flexibility index (Phi) is 7.02. The van der Waals surface area contributed by atoms with Crippen molar-refractivity contribution < 1.29 is 46.4 Å². The monoisotopic (exact) mass is 463 g/mol. The van der Waals surface area contributed by atoms with Crippen molar-refractivity contribution in [2.45, 2.75) is 70.7 Å². The smallest absolute Gasteiger partial charge is 0.463 e. The van der Waals surface area contributed by atoms with Gasteiger partial charge in [-0.3, -0.25) is 32.9 Å². The molecule has 0 unspecified atom stereocenters. The van der Waals surface area contributed by atoms with Gasteiger partial charge in [0.25, 0.3) is 0 Å². The van der Waals surface area contributed by atoms with E-state index in [-0.39, 0.29) is 31.5 Å². The summed E-state index contributed by atoms with van der Waals surface area (Å²) in [5.41, 5.74) is -2.25. The highest BCUT2D eigenvalue weighted by molar-refractivity contribution is 7.48. The number of amides is 1. The number of ketones is 1. The van der Waals surface area contributed by atoms with Gasteiger partial charge in [0, 0.05) is 6.20 Å². The summed E-state index contributed by atoms with van der Waals surface area (Å²) >= 11 is 0. The van der Waals surface area contributed by atoms with Crippen LogP contribution in [0, 0.1) is 5.92 Å². The van der Waals surface area contributed by atoms with E-state index in [1.54, 1.807) is 20.8 Å². The second-order valence-electron chi connectivity index (χ2n) is 8.22. The van der Waals surface area contributed by atoms with Crippen molar-refractivity contribution in [3.05, 3.63) is 12.3 Å². The van der Waals surface area contributed by atoms with Crippen LogP contribution in [0.25, 0.3) is 0 Å². The zero-order chi connectivity index (χ0) is 23.0. The number of phosphoric acid groups is 1. The number of carbonyl (C=O) groups excluding carboxylic acids is 3. The highest BCUT2D eigenvalue weighted by Gasteiger charge is 2.63. The van der Waals surface area contributed by atoms with E-state index in [4.69, 9.17) is 23.0 Å². The van der Waals surface area contributed by atoms with Crippen LogP contribution >= 0.6 is 7.82 Å². The van der Waals surface area contributed by atoms with Crippen LogP contribution in [0.1, 0.15) is 40.5 Å². The molecular weight excluding hydrogens is 436 g/mol. The van der Waals surface area contributed by atoms with E-state index in [1.165, 1.54) is 19.2 Å². The molecule has 3 aliphatic heterocycles. The molecule has 0 saturated carbocycles. The number of fused-ring (bicyclic) bond motifs is 1. The number of alkyl halides is 1. The van der Waals surface area contributed by atoms with Crippen LogP contribution in [-0.2, 0) is 42.0 Å². The van der Waals surface area contributed by atoms with Gasteiger partial charge in [-0.05, 0) is 33.3 Å². The van der Waals surface area contributed by atoms with Crippen molar-refractivity contribution in [1.29, 1.82) is 0 Å². The number of allylic oxidation sites excluding steroid dienone is 1. The van der Waals surface area contributed by atoms with Crippen molar-refractivity contribution in [3.63, 3.8) is 0 Å². The molecule has 1 amide bonds. The summed E-state index contributed by atoms with van der Waals surface area (Å²) in [5.74, 6) is -1.91. The Hall–Kier alpha value is -1.65. The van der Waals surface area contributed by atoms with Gasteiger partial charge in [-0.1, -0.05) is 6.92 Å². The zero-order valence-corrected chi connectivity index (χ0v) is 18.7. The summed E-state index contributed by atoms with van der Waals surface area (Å²) in [6.45, 7) is 5.87. The van der Waals surface area contributed by atoms with Gasteiger partial charge in [-0.25, -0.2) is 8.96 Å². The quantitative estimate of drug-likeness (QED) is 0.318. The molecule has 174 valence electrons. The fourth-order valence-corrected chi connectivity index (χ4v) is 4.95. The van der Waals surface area contributed by atoms with Crippen molar-refractivity contribution in [1.82, 2.24) is 4.90 Å². The van der Waals surface area contributed by atoms with Gasteiger partial charge in [0.2, 0.25) is 5.91 Å². The summed E-state index contributed by atoms with van der Waals surface area (Å²) in [7, 11) is -4.12. The van der Waals surface area contributed by atoms with Crippen molar-refractivity contribution in [2.24, 2.45) is 5.92 Å². The molecule has 0 aromatic rings. The average molecular weight is 463 g/mol. The summed E-state index contributed by atoms with van der Waals surface area (Å²) in [4.78, 5) is 36.4. The SMILES string of the molecule is CC(C)OC(=O)[C@H](C)CCO[P@@]1(=O)OC[C@H]2O[C@@H](N3C=CC(=O)CC3=O)[C@](C)(F)[C@@H]2O1. The molecule has 0 spiro atoms. The van der Waals surface area contributed by atoms with Crippen LogP contribution in [-0.4, -0.2) is 66.0 Å². The highest BCUT2D eigenvalue weighted by Crippen LogP contribution is 2.58. The molecule has 0 aliphatic carbocycles. The van der Waals surface area contributed by atoms with Gasteiger partial charge in [0.05, 0.1) is 31.7 Å². The Bertz CT molecular complexity index is 814. The molecule has 0 radical (unpaired) electrons. The van der Waals surface area contributed by atoms with E-state index in [2.05, 4.69) is 0 Å². The van der Waals surface area contributed by atoms with Crippen LogP contribution in [0.5, 0.6) is 0 Å². The van der Waals surface area contributed by atoms with E-state index >= 15 is 4.39 Å². The first-order chi connectivity index (χ1) is 14.4. The van der Waals surface area contributed by atoms with E-state index in [1.807, 2.05) is 0 Å². The Morgan fingerprint density at radius 2 is 2.10 bits per heavy atom. The maximum atomic E-state index is 15.6. The topological polar surface area (TPSA) is 118 Å². The predicted octanol–water partition coefficient (Wildman–Crippen LogP) is 2.27. The molecule has 2 saturated heterocycles. The minimum absolute atomic E-state index is 0.133. The van der Waals surface area contributed by atoms with Gasteiger partial charge in [0.1, 0.15) is 12.2 Å². The summed E-state index contributed by atoms with van der Waals surface area (Å²) in [6.07, 6.45) is -1.73. The van der Waals surface area contributed by atoms with Gasteiger partial charge >= 0.3 is 13.8 Å². The normalized spacial score (nSPS) is 36.6. The number of hydrogen-bond donors (Lipinski definition) is 0. The Morgan fingerprint density at radius 1 is 1.39 bits per heavy atom. The lowest BCUT2D eigenvalue weighted by Gasteiger charge is -2.35. The predicted molar refractivity (Wildman–Crippen MR) is 103 cm³/mol. The number of rotatable bonds is 7. The van der Waals surface area contributed by atoms with E-state index in [9.17, 15) is 18.9 Å². The van der Waals surface area contributed by atoms with E-state index < -0.39 is 56.1 Å². The molecule has 3 aliphatic rings. The average Bonchev–Trinajstić information content (AvgIpc) is 2.91. The number of esters is 1. The lowest BCUT2D eigenvalue weighted by atomic mass is 9.97. The first kappa shape index (κ1) is 24.0. The van der Waals surface area contributed by atoms with Gasteiger partial charge in [0.15, 0.2) is 17.7 Å². The first-order valence-corrected chi connectivity index (χ1v) is 11.5. The van der Waals surface area contributed by atoms with Crippen LogP contribution in [0.4, 0.5) is 4.39 Å². The Morgan fingerprint density at radius 3 is 2.74 bits per heavy atom. The van der Waals surface area contributed by atoms with Crippen LogP contribution in [0.15, 0.2) is 12.3 Å². The molecule has 0 aromatic heterocycles. The molecule has 0 bridgehead atoms. The van der Waals surface area contributed by atoms with E-state index in [0.717, 1.165) is 4.90 Å². The van der Waals surface area contributed by atoms with Gasteiger partial charge in [-0.2, -0.15) is 0 Å². The molecule has 0 aromatic carbocycles. The fraction of sp³-hybridized carbons (Fsp3) is 0.737. The van der Waals surface area contributed by atoms with Gasteiger partial charge < -0.3 is 9.47 Å². The minimum atomic E-state index is -4.12. The standard InChI is InChI=1S/C19H27FNO9P/c1-11(2)28-17(24)12(3)6-8-26-31(25)27-10-14-16(30-31)19(4,20)18(29-14)21-7-5-13(22)9-15(21)23/h5,7,11-12,14,16,18H,6,8-10H2,1-4H3/t12-,14-,16-,18-,19-,31+/m1/s1. The molecule has 2 fully saturated rings. The zero-order valence-electron chi connectivity index (χ0n) is 17.8. The molecule has 12 heteroatoms. The van der Waals surface area contributed by atoms with Crippen molar-refractivity contribution in [3.8, 4) is 0 Å². The third kappa shape index (κ3) is 5.23. The third-order valence-corrected chi connectivity index (χ3v) is 6.61. The van der Waals surface area contributed by atoms with E-state index in [0.29, 0.717) is 0 Å². The summed E-state index contributed by atoms with van der Waals surface area (Å²) in [6, 6.07) is 0. The maximum absolute atomic E-state index is 15.6. The number of hydrogen-bond acceptors (Lipinski definition) is 9. The second-order valence-corrected chi connectivity index (χ2v) is 9.84. The number of ether oxygens (including phenoxy) is 2. The Labute approximate surface area is 179 Å². The number of carbonyl (C=O) groups is 3. The Balaban J connectivity index is 1.61. The molecule has 10 nitrogen and oxygen atoms in total. The summed E-state index contributed by atoms with van der Waals surface area (Å²) < 4.78 is 55.0. The van der Waals surface area contributed by atoms with Crippen LogP contribution < -0.4 is 0 Å². The first-order valence-electron chi connectivity index (χ1n) is 10.1. The molecule has 3 rings (SSSR count). The maximum Gasteiger partial charge on any atom is 0.475 e. The summed E-state index contributed by atoms with van der Waals surface area (Å²) in [5, 5.41) is 0. The largest absolute Gasteiger partial charge is 0.475 e. The second kappa shape index (κ2) is 9.07. The number of nitrogens with zero attached hydrogens (tertiary/aromatic N) is 1.